The van der Waals surface area contributed by atoms with Gasteiger partial charge in [0.05, 0.1) is 0 Å². The van der Waals surface area contributed by atoms with Crippen LogP contribution in [0, 0.1) is 5.92 Å². The van der Waals surface area contributed by atoms with Crippen LogP contribution in [0.4, 0.5) is 0 Å². The standard InChI is InChI=1S/C13H19BrClN/c1-4-10(2)8-16(3)9-11-5-6-12(14)7-13(11)15/h5-7,10H,4,8-9H2,1-3H3. The minimum absolute atomic E-state index is 0.735. The predicted molar refractivity (Wildman–Crippen MR) is 74.9 cm³/mol. The Balaban J connectivity index is 2.59. The van der Waals surface area contributed by atoms with Crippen LogP contribution in [0.2, 0.25) is 5.02 Å². The molecule has 1 atom stereocenters. The summed E-state index contributed by atoms with van der Waals surface area (Å²) >= 11 is 9.60. The second-order valence-corrected chi connectivity index (χ2v) is 5.77. The van der Waals surface area contributed by atoms with E-state index in [4.69, 9.17) is 11.6 Å². The third kappa shape index (κ3) is 4.44. The van der Waals surface area contributed by atoms with Gasteiger partial charge >= 0.3 is 0 Å². The lowest BCUT2D eigenvalue weighted by molar-refractivity contribution is 0.275. The molecule has 0 fully saturated rings. The molecule has 0 aliphatic heterocycles. The summed E-state index contributed by atoms with van der Waals surface area (Å²) in [6.07, 6.45) is 1.22. The highest BCUT2D eigenvalue weighted by Gasteiger charge is 2.07. The van der Waals surface area contributed by atoms with E-state index in [1.807, 2.05) is 12.1 Å². The molecule has 0 heterocycles. The van der Waals surface area contributed by atoms with E-state index in [0.717, 1.165) is 28.5 Å². The molecule has 0 amide bonds. The lowest BCUT2D eigenvalue weighted by Crippen LogP contribution is -2.23. The van der Waals surface area contributed by atoms with Crippen LogP contribution in [-0.2, 0) is 6.54 Å². The van der Waals surface area contributed by atoms with Gasteiger partial charge in [-0.3, -0.25) is 0 Å². The van der Waals surface area contributed by atoms with Crippen LogP contribution in [0.5, 0.6) is 0 Å². The number of rotatable bonds is 5. The van der Waals surface area contributed by atoms with Crippen molar-refractivity contribution in [3.63, 3.8) is 0 Å². The minimum Gasteiger partial charge on any atom is -0.302 e. The molecule has 1 aromatic carbocycles. The Labute approximate surface area is 112 Å². The van der Waals surface area contributed by atoms with Gasteiger partial charge in [0.25, 0.3) is 0 Å². The van der Waals surface area contributed by atoms with Crippen LogP contribution < -0.4 is 0 Å². The zero-order valence-corrected chi connectivity index (χ0v) is 12.5. The molecule has 1 nitrogen and oxygen atoms in total. The fraction of sp³-hybridized carbons (Fsp3) is 0.538. The summed E-state index contributed by atoms with van der Waals surface area (Å²) in [4.78, 5) is 2.32. The molecule has 0 aliphatic carbocycles. The van der Waals surface area contributed by atoms with Gasteiger partial charge in [-0.25, -0.2) is 0 Å². The average Bonchev–Trinajstić information content (AvgIpc) is 2.22. The topological polar surface area (TPSA) is 3.24 Å². The number of halogens is 2. The molecule has 1 rings (SSSR count). The summed E-state index contributed by atoms with van der Waals surface area (Å²) in [6.45, 7) is 6.53. The molecule has 1 aromatic rings. The van der Waals surface area contributed by atoms with Crippen LogP contribution in [0.15, 0.2) is 22.7 Å². The van der Waals surface area contributed by atoms with Gasteiger partial charge in [0.2, 0.25) is 0 Å². The van der Waals surface area contributed by atoms with Gasteiger partial charge in [-0.05, 0) is 30.7 Å². The molecular weight excluding hydrogens is 286 g/mol. The highest BCUT2D eigenvalue weighted by Crippen LogP contribution is 2.22. The molecule has 0 aromatic heterocycles. The van der Waals surface area contributed by atoms with E-state index >= 15 is 0 Å². The zero-order chi connectivity index (χ0) is 12.1. The molecular formula is C13H19BrClN. The first kappa shape index (κ1) is 14.0. The molecule has 0 N–H and O–H groups in total. The second-order valence-electron chi connectivity index (χ2n) is 4.45. The van der Waals surface area contributed by atoms with Crippen LogP contribution >= 0.6 is 27.5 Å². The Morgan fingerprint density at radius 2 is 2.12 bits per heavy atom. The summed E-state index contributed by atoms with van der Waals surface area (Å²) in [5.74, 6) is 0.735. The predicted octanol–water partition coefficient (Wildman–Crippen LogP) is 4.58. The Morgan fingerprint density at radius 1 is 1.44 bits per heavy atom. The van der Waals surface area contributed by atoms with Crippen LogP contribution in [0.1, 0.15) is 25.8 Å². The Morgan fingerprint density at radius 3 is 2.69 bits per heavy atom. The highest BCUT2D eigenvalue weighted by atomic mass is 79.9. The van der Waals surface area contributed by atoms with E-state index in [2.05, 4.69) is 47.8 Å². The van der Waals surface area contributed by atoms with Crippen LogP contribution in [-0.4, -0.2) is 18.5 Å². The van der Waals surface area contributed by atoms with E-state index < -0.39 is 0 Å². The van der Waals surface area contributed by atoms with Crippen molar-refractivity contribution in [2.45, 2.75) is 26.8 Å². The fourth-order valence-corrected chi connectivity index (χ4v) is 2.40. The first-order valence-corrected chi connectivity index (χ1v) is 6.82. The lowest BCUT2D eigenvalue weighted by Gasteiger charge is -2.21. The number of benzene rings is 1. The first-order chi connectivity index (χ1) is 7.52. The average molecular weight is 305 g/mol. The molecule has 0 aliphatic rings. The van der Waals surface area contributed by atoms with Crippen molar-refractivity contribution in [1.82, 2.24) is 4.90 Å². The van der Waals surface area contributed by atoms with Crippen molar-refractivity contribution < 1.29 is 0 Å². The van der Waals surface area contributed by atoms with E-state index in [9.17, 15) is 0 Å². The van der Waals surface area contributed by atoms with Gasteiger partial charge in [-0.1, -0.05) is 53.9 Å². The van der Waals surface area contributed by atoms with Crippen LogP contribution in [0.25, 0.3) is 0 Å². The fourth-order valence-electron chi connectivity index (χ4n) is 1.67. The first-order valence-electron chi connectivity index (χ1n) is 5.65. The maximum atomic E-state index is 6.19. The highest BCUT2D eigenvalue weighted by molar-refractivity contribution is 9.10. The van der Waals surface area contributed by atoms with Gasteiger partial charge in [0, 0.05) is 22.6 Å². The van der Waals surface area contributed by atoms with Gasteiger partial charge in [0.15, 0.2) is 0 Å². The summed E-state index contributed by atoms with van der Waals surface area (Å²) in [5.41, 5.74) is 1.19. The van der Waals surface area contributed by atoms with Gasteiger partial charge in [-0.2, -0.15) is 0 Å². The third-order valence-corrected chi connectivity index (χ3v) is 3.62. The molecule has 3 heteroatoms. The minimum atomic E-state index is 0.735. The molecule has 0 spiro atoms. The Bertz CT molecular complexity index is 341. The van der Waals surface area contributed by atoms with Crippen molar-refractivity contribution in [1.29, 1.82) is 0 Å². The van der Waals surface area contributed by atoms with Gasteiger partial charge in [-0.15, -0.1) is 0 Å². The quantitative estimate of drug-likeness (QED) is 0.769. The molecule has 1 unspecified atom stereocenters. The summed E-state index contributed by atoms with van der Waals surface area (Å²) < 4.78 is 1.03. The van der Waals surface area contributed by atoms with Gasteiger partial charge in [0.1, 0.15) is 0 Å². The van der Waals surface area contributed by atoms with E-state index in [0.29, 0.717) is 0 Å². The van der Waals surface area contributed by atoms with Crippen molar-refractivity contribution in [3.05, 3.63) is 33.3 Å². The molecule has 90 valence electrons. The van der Waals surface area contributed by atoms with Crippen molar-refractivity contribution in [2.75, 3.05) is 13.6 Å². The van der Waals surface area contributed by atoms with Gasteiger partial charge < -0.3 is 4.90 Å². The molecule has 0 radical (unpaired) electrons. The summed E-state index contributed by atoms with van der Waals surface area (Å²) in [5, 5.41) is 0.838. The molecule has 0 saturated carbocycles. The normalized spacial score (nSPS) is 13.1. The monoisotopic (exact) mass is 303 g/mol. The number of hydrogen-bond acceptors (Lipinski definition) is 1. The van der Waals surface area contributed by atoms with E-state index in [1.165, 1.54) is 12.0 Å². The smallest absolute Gasteiger partial charge is 0.0462 e. The van der Waals surface area contributed by atoms with E-state index in [-0.39, 0.29) is 0 Å². The maximum Gasteiger partial charge on any atom is 0.0462 e. The SMILES string of the molecule is CCC(C)CN(C)Cc1ccc(Br)cc1Cl. The molecule has 16 heavy (non-hydrogen) atoms. The second kappa shape index (κ2) is 6.63. The Kier molecular flexibility index (Phi) is 5.81. The molecule has 0 saturated heterocycles. The summed E-state index contributed by atoms with van der Waals surface area (Å²) in [7, 11) is 2.14. The molecule has 0 bridgehead atoms. The van der Waals surface area contributed by atoms with Crippen molar-refractivity contribution in [2.24, 2.45) is 5.92 Å². The van der Waals surface area contributed by atoms with Crippen molar-refractivity contribution >= 4 is 27.5 Å². The lowest BCUT2D eigenvalue weighted by atomic mass is 10.1. The third-order valence-electron chi connectivity index (χ3n) is 2.78. The number of hydrogen-bond donors (Lipinski definition) is 0. The zero-order valence-electron chi connectivity index (χ0n) is 10.1. The van der Waals surface area contributed by atoms with Crippen molar-refractivity contribution in [3.8, 4) is 0 Å². The van der Waals surface area contributed by atoms with E-state index in [1.54, 1.807) is 0 Å². The maximum absolute atomic E-state index is 6.19. The Hall–Kier alpha value is -0.0500. The van der Waals surface area contributed by atoms with Crippen LogP contribution in [0.3, 0.4) is 0 Å². The number of nitrogens with zero attached hydrogens (tertiary/aromatic N) is 1. The summed E-state index contributed by atoms with van der Waals surface area (Å²) in [6, 6.07) is 6.08. The largest absolute Gasteiger partial charge is 0.302 e.